The second kappa shape index (κ2) is 5.81. The number of hydrogen-bond donors (Lipinski definition) is 1. The van der Waals surface area contributed by atoms with Gasteiger partial charge in [0.1, 0.15) is 5.57 Å². The van der Waals surface area contributed by atoms with Gasteiger partial charge < -0.3 is 4.57 Å². The van der Waals surface area contributed by atoms with Crippen molar-refractivity contribution in [3.8, 4) is 0 Å². The van der Waals surface area contributed by atoms with Crippen LogP contribution in [0, 0.1) is 6.92 Å². The largest absolute Gasteiger partial charge is 0.351 e. The van der Waals surface area contributed by atoms with Crippen molar-refractivity contribution in [1.29, 1.82) is 0 Å². The number of benzene rings is 1. The van der Waals surface area contributed by atoms with Gasteiger partial charge in [-0.1, -0.05) is 17.7 Å². The van der Waals surface area contributed by atoms with Gasteiger partial charge in [-0.3, -0.25) is 19.8 Å². The number of aromatic nitrogens is 1. The summed E-state index contributed by atoms with van der Waals surface area (Å²) < 4.78 is 1.83. The summed E-state index contributed by atoms with van der Waals surface area (Å²) in [6, 6.07) is 11.1. The zero-order valence-corrected chi connectivity index (χ0v) is 13.6. The molecular weight excluding hydrogens is 310 g/mol. The maximum Gasteiger partial charge on any atom is 0.270 e. The summed E-state index contributed by atoms with van der Waals surface area (Å²) in [6.07, 6.45) is 3.42. The number of rotatable bonds is 2. The summed E-state index contributed by atoms with van der Waals surface area (Å²) in [5.74, 6) is -0.909. The van der Waals surface area contributed by atoms with Crippen LogP contribution >= 0.6 is 12.2 Å². The fourth-order valence-corrected chi connectivity index (χ4v) is 2.64. The molecule has 1 aliphatic rings. The first-order valence-electron chi connectivity index (χ1n) is 7.07. The molecule has 0 saturated carbocycles. The highest BCUT2D eigenvalue weighted by molar-refractivity contribution is 7.80. The molecule has 6 heteroatoms. The van der Waals surface area contributed by atoms with Crippen LogP contribution in [0.25, 0.3) is 6.08 Å². The van der Waals surface area contributed by atoms with Crippen molar-refractivity contribution in [2.24, 2.45) is 7.05 Å². The van der Waals surface area contributed by atoms with E-state index in [-0.39, 0.29) is 10.7 Å². The Balaban J connectivity index is 2.02. The average Bonchev–Trinajstić information content (AvgIpc) is 2.90. The lowest BCUT2D eigenvalue weighted by Crippen LogP contribution is -2.54. The van der Waals surface area contributed by atoms with Crippen molar-refractivity contribution in [3.05, 3.63) is 59.4 Å². The van der Waals surface area contributed by atoms with E-state index in [2.05, 4.69) is 5.32 Å². The van der Waals surface area contributed by atoms with Gasteiger partial charge in [0.2, 0.25) is 0 Å². The van der Waals surface area contributed by atoms with Crippen molar-refractivity contribution in [2.75, 3.05) is 4.90 Å². The molecule has 0 radical (unpaired) electrons. The Labute approximate surface area is 139 Å². The molecule has 116 valence electrons. The van der Waals surface area contributed by atoms with E-state index in [1.54, 1.807) is 18.2 Å². The van der Waals surface area contributed by atoms with Crippen molar-refractivity contribution in [3.63, 3.8) is 0 Å². The first-order chi connectivity index (χ1) is 11.0. The highest BCUT2D eigenvalue weighted by Gasteiger charge is 2.34. The van der Waals surface area contributed by atoms with E-state index < -0.39 is 11.8 Å². The minimum atomic E-state index is -0.482. The van der Waals surface area contributed by atoms with Crippen molar-refractivity contribution in [2.45, 2.75) is 6.92 Å². The zero-order chi connectivity index (χ0) is 16.6. The highest BCUT2D eigenvalue weighted by atomic mass is 32.1. The number of amides is 2. The third-order valence-electron chi connectivity index (χ3n) is 3.67. The second-order valence-electron chi connectivity index (χ2n) is 5.34. The molecule has 3 rings (SSSR count). The lowest BCUT2D eigenvalue weighted by Gasteiger charge is -2.29. The fourth-order valence-electron chi connectivity index (χ4n) is 2.36. The molecule has 2 heterocycles. The standard InChI is InChI=1S/C17H15N3O2S/c1-11-5-7-12(8-6-11)20-16(22)14(15(21)18-17(20)23)10-13-4-3-9-19(13)2/h3-10H,1-2H3,(H,18,21,23)/b14-10-. The Bertz CT molecular complexity index is 834. The highest BCUT2D eigenvalue weighted by Crippen LogP contribution is 2.22. The molecule has 1 fully saturated rings. The van der Waals surface area contributed by atoms with Crippen LogP contribution in [0.4, 0.5) is 5.69 Å². The lowest BCUT2D eigenvalue weighted by atomic mass is 10.1. The molecule has 0 spiro atoms. The van der Waals surface area contributed by atoms with Gasteiger partial charge in [0.05, 0.1) is 5.69 Å². The van der Waals surface area contributed by atoms with Gasteiger partial charge in [0, 0.05) is 18.9 Å². The normalized spacial score (nSPS) is 16.9. The number of thiocarbonyl (C=S) groups is 1. The Morgan fingerprint density at radius 2 is 1.83 bits per heavy atom. The van der Waals surface area contributed by atoms with Crippen LogP contribution in [0.1, 0.15) is 11.3 Å². The van der Waals surface area contributed by atoms with Crippen LogP contribution in [-0.4, -0.2) is 21.5 Å². The van der Waals surface area contributed by atoms with Gasteiger partial charge >= 0.3 is 0 Å². The number of aryl methyl sites for hydroxylation is 2. The quantitative estimate of drug-likeness (QED) is 0.523. The third kappa shape index (κ3) is 2.80. The molecule has 1 aromatic heterocycles. The fraction of sp³-hybridized carbons (Fsp3) is 0.118. The lowest BCUT2D eigenvalue weighted by molar-refractivity contribution is -0.122. The summed E-state index contributed by atoms with van der Waals surface area (Å²) in [5, 5.41) is 2.67. The van der Waals surface area contributed by atoms with Crippen molar-refractivity contribution >= 4 is 40.9 Å². The summed E-state index contributed by atoms with van der Waals surface area (Å²) in [7, 11) is 1.85. The van der Waals surface area contributed by atoms with Crippen LogP contribution in [-0.2, 0) is 16.6 Å². The molecule has 0 aliphatic carbocycles. The molecule has 2 amide bonds. The molecule has 0 atom stereocenters. The number of nitrogens with one attached hydrogen (secondary N) is 1. The van der Waals surface area contributed by atoms with Crippen LogP contribution in [0.2, 0.25) is 0 Å². The first-order valence-corrected chi connectivity index (χ1v) is 7.47. The Morgan fingerprint density at radius 1 is 1.13 bits per heavy atom. The van der Waals surface area contributed by atoms with Gasteiger partial charge in [0.25, 0.3) is 11.8 Å². The SMILES string of the molecule is Cc1ccc(N2C(=O)/C(=C\c3cccn3C)C(=O)NC2=S)cc1. The Hall–Kier alpha value is -2.73. The van der Waals surface area contributed by atoms with Gasteiger partial charge in [-0.25, -0.2) is 0 Å². The minimum Gasteiger partial charge on any atom is -0.351 e. The van der Waals surface area contributed by atoms with E-state index in [1.165, 1.54) is 4.90 Å². The summed E-state index contributed by atoms with van der Waals surface area (Å²) in [6.45, 7) is 1.96. The number of carbonyl (C=O) groups excluding carboxylic acids is 2. The third-order valence-corrected chi connectivity index (χ3v) is 3.95. The second-order valence-corrected chi connectivity index (χ2v) is 5.72. The predicted octanol–water partition coefficient (Wildman–Crippen LogP) is 2.16. The molecule has 5 nitrogen and oxygen atoms in total. The van der Waals surface area contributed by atoms with Crippen molar-refractivity contribution in [1.82, 2.24) is 9.88 Å². The molecular formula is C17H15N3O2S. The van der Waals surface area contributed by atoms with Gasteiger partial charge in [-0.15, -0.1) is 0 Å². The van der Waals surface area contributed by atoms with Gasteiger partial charge in [0.15, 0.2) is 5.11 Å². The monoisotopic (exact) mass is 325 g/mol. The molecule has 2 aromatic rings. The number of nitrogens with zero attached hydrogens (tertiary/aromatic N) is 2. The molecule has 0 unspecified atom stereocenters. The first kappa shape index (κ1) is 15.2. The number of carbonyl (C=O) groups is 2. The summed E-state index contributed by atoms with van der Waals surface area (Å²) in [4.78, 5) is 26.3. The van der Waals surface area contributed by atoms with Crippen LogP contribution < -0.4 is 10.2 Å². The van der Waals surface area contributed by atoms with Crippen LogP contribution in [0.5, 0.6) is 0 Å². The maximum atomic E-state index is 12.8. The van der Waals surface area contributed by atoms with Gasteiger partial charge in [-0.05, 0) is 49.5 Å². The summed E-state index contributed by atoms with van der Waals surface area (Å²) in [5.41, 5.74) is 2.53. The van der Waals surface area contributed by atoms with Crippen LogP contribution in [0.15, 0.2) is 48.2 Å². The zero-order valence-electron chi connectivity index (χ0n) is 12.7. The Morgan fingerprint density at radius 3 is 2.43 bits per heavy atom. The average molecular weight is 325 g/mol. The predicted molar refractivity (Wildman–Crippen MR) is 92.8 cm³/mol. The topological polar surface area (TPSA) is 54.3 Å². The maximum absolute atomic E-state index is 12.8. The van der Waals surface area contributed by atoms with Crippen molar-refractivity contribution < 1.29 is 9.59 Å². The van der Waals surface area contributed by atoms with E-state index in [4.69, 9.17) is 12.2 Å². The van der Waals surface area contributed by atoms with E-state index in [0.29, 0.717) is 5.69 Å². The molecule has 0 bridgehead atoms. The summed E-state index contributed by atoms with van der Waals surface area (Å²) >= 11 is 5.16. The van der Waals surface area contributed by atoms with E-state index in [1.807, 2.05) is 49.0 Å². The number of anilines is 1. The molecule has 1 saturated heterocycles. The molecule has 1 aromatic carbocycles. The smallest absolute Gasteiger partial charge is 0.270 e. The van der Waals surface area contributed by atoms with Crippen LogP contribution in [0.3, 0.4) is 0 Å². The van der Waals surface area contributed by atoms with E-state index in [0.717, 1.165) is 11.3 Å². The molecule has 23 heavy (non-hydrogen) atoms. The molecule has 1 N–H and O–H groups in total. The molecule has 1 aliphatic heterocycles. The Kier molecular flexibility index (Phi) is 3.83. The minimum absolute atomic E-state index is 0.0565. The number of hydrogen-bond acceptors (Lipinski definition) is 3. The van der Waals surface area contributed by atoms with E-state index in [9.17, 15) is 9.59 Å². The van der Waals surface area contributed by atoms with Gasteiger partial charge in [-0.2, -0.15) is 0 Å². The van der Waals surface area contributed by atoms with E-state index >= 15 is 0 Å².